The van der Waals surface area contributed by atoms with E-state index in [1.165, 1.54) is 12.3 Å². The topological polar surface area (TPSA) is 71.1 Å². The van der Waals surface area contributed by atoms with Gasteiger partial charge in [0, 0.05) is 17.4 Å². The van der Waals surface area contributed by atoms with Crippen molar-refractivity contribution in [3.05, 3.63) is 95.3 Å². The maximum atomic E-state index is 12.6. The zero-order valence-corrected chi connectivity index (χ0v) is 16.0. The number of hydrogen-bond donors (Lipinski definition) is 2. The zero-order chi connectivity index (χ0) is 19.9. The average molecular weight is 373 g/mol. The molecular weight excluding hydrogens is 350 g/mol. The van der Waals surface area contributed by atoms with Gasteiger partial charge >= 0.3 is 0 Å². The summed E-state index contributed by atoms with van der Waals surface area (Å²) in [7, 11) is 0. The van der Waals surface area contributed by atoms with Crippen molar-refractivity contribution < 1.29 is 9.59 Å². The van der Waals surface area contributed by atoms with E-state index in [-0.39, 0.29) is 23.6 Å². The molecule has 0 saturated carbocycles. The SMILES string of the molecule is CCc1ccccc1NC(=O)c1ccnc(C(=O)NC(C)c2ccccc2)c1. The molecule has 5 nitrogen and oxygen atoms in total. The second-order valence-electron chi connectivity index (χ2n) is 6.50. The Morgan fingerprint density at radius 1 is 0.964 bits per heavy atom. The second kappa shape index (κ2) is 8.95. The zero-order valence-electron chi connectivity index (χ0n) is 16.0. The minimum Gasteiger partial charge on any atom is -0.344 e. The molecule has 0 saturated heterocycles. The summed E-state index contributed by atoms with van der Waals surface area (Å²) < 4.78 is 0. The highest BCUT2D eigenvalue weighted by Crippen LogP contribution is 2.17. The van der Waals surface area contributed by atoms with Gasteiger partial charge < -0.3 is 10.6 Å². The Hall–Kier alpha value is -3.47. The summed E-state index contributed by atoms with van der Waals surface area (Å²) in [6, 6.07) is 20.3. The number of aryl methyl sites for hydroxylation is 1. The van der Waals surface area contributed by atoms with Crippen molar-refractivity contribution in [2.75, 3.05) is 5.32 Å². The first kappa shape index (κ1) is 19.3. The molecule has 0 aliphatic rings. The monoisotopic (exact) mass is 373 g/mol. The Morgan fingerprint density at radius 3 is 2.43 bits per heavy atom. The molecule has 5 heteroatoms. The number of anilines is 1. The van der Waals surface area contributed by atoms with Crippen molar-refractivity contribution in [2.24, 2.45) is 0 Å². The molecule has 28 heavy (non-hydrogen) atoms. The highest BCUT2D eigenvalue weighted by molar-refractivity contribution is 6.06. The fraction of sp³-hybridized carbons (Fsp3) is 0.174. The maximum absolute atomic E-state index is 12.6. The molecule has 0 spiro atoms. The van der Waals surface area contributed by atoms with Gasteiger partial charge in [-0.2, -0.15) is 0 Å². The van der Waals surface area contributed by atoms with Crippen LogP contribution in [0.1, 0.15) is 51.9 Å². The number of carbonyl (C=O) groups is 2. The van der Waals surface area contributed by atoms with E-state index < -0.39 is 0 Å². The van der Waals surface area contributed by atoms with Crippen molar-refractivity contribution in [2.45, 2.75) is 26.3 Å². The number of amides is 2. The van der Waals surface area contributed by atoms with Crippen molar-refractivity contribution in [3.8, 4) is 0 Å². The van der Waals surface area contributed by atoms with Crippen molar-refractivity contribution in [1.82, 2.24) is 10.3 Å². The lowest BCUT2D eigenvalue weighted by Gasteiger charge is -2.14. The molecule has 0 aliphatic carbocycles. The van der Waals surface area contributed by atoms with E-state index in [1.807, 2.05) is 68.4 Å². The van der Waals surface area contributed by atoms with Gasteiger partial charge in [-0.3, -0.25) is 14.6 Å². The summed E-state index contributed by atoms with van der Waals surface area (Å²) in [5, 5.41) is 5.83. The van der Waals surface area contributed by atoms with Gasteiger partial charge in [-0.15, -0.1) is 0 Å². The number of carbonyl (C=O) groups excluding carboxylic acids is 2. The van der Waals surface area contributed by atoms with Crippen LogP contribution in [0, 0.1) is 0 Å². The largest absolute Gasteiger partial charge is 0.344 e. The summed E-state index contributed by atoms with van der Waals surface area (Å²) in [6.45, 7) is 3.94. The lowest BCUT2D eigenvalue weighted by Crippen LogP contribution is -2.27. The molecule has 1 aromatic heterocycles. The van der Waals surface area contributed by atoms with Crippen molar-refractivity contribution in [3.63, 3.8) is 0 Å². The highest BCUT2D eigenvalue weighted by Gasteiger charge is 2.15. The van der Waals surface area contributed by atoms with Crippen LogP contribution in [0.2, 0.25) is 0 Å². The minimum atomic E-state index is -0.319. The fourth-order valence-electron chi connectivity index (χ4n) is 2.94. The Morgan fingerprint density at radius 2 is 1.68 bits per heavy atom. The van der Waals surface area contributed by atoms with Crippen molar-refractivity contribution in [1.29, 1.82) is 0 Å². The maximum Gasteiger partial charge on any atom is 0.270 e. The van der Waals surface area contributed by atoms with Gasteiger partial charge in [0.25, 0.3) is 11.8 Å². The predicted molar refractivity (Wildman–Crippen MR) is 110 cm³/mol. The summed E-state index contributed by atoms with van der Waals surface area (Å²) in [4.78, 5) is 29.3. The average Bonchev–Trinajstić information content (AvgIpc) is 2.74. The Balaban J connectivity index is 1.72. The standard InChI is InChI=1S/C23H23N3O2/c1-3-17-9-7-8-12-20(17)26-22(27)19-13-14-24-21(15-19)23(28)25-16(2)18-10-5-4-6-11-18/h4-16H,3H2,1-2H3,(H,25,28)(H,26,27). The van der Waals surface area contributed by atoms with Crippen LogP contribution in [0.4, 0.5) is 5.69 Å². The molecule has 2 amide bonds. The molecular formula is C23H23N3O2. The Kier molecular flexibility index (Phi) is 6.17. The van der Waals surface area contributed by atoms with Gasteiger partial charge in [-0.05, 0) is 42.7 Å². The molecule has 2 aromatic carbocycles. The summed E-state index contributed by atoms with van der Waals surface area (Å²) in [5.41, 5.74) is 3.42. The molecule has 0 aliphatic heterocycles. The molecule has 0 bridgehead atoms. The minimum absolute atomic E-state index is 0.163. The fourth-order valence-corrected chi connectivity index (χ4v) is 2.94. The lowest BCUT2D eigenvalue weighted by atomic mass is 10.1. The van der Waals surface area contributed by atoms with Gasteiger partial charge in [0.05, 0.1) is 6.04 Å². The van der Waals surface area contributed by atoms with Crippen LogP contribution in [0.25, 0.3) is 0 Å². The second-order valence-corrected chi connectivity index (χ2v) is 6.50. The van der Waals surface area contributed by atoms with Gasteiger partial charge in [0.1, 0.15) is 5.69 Å². The van der Waals surface area contributed by atoms with E-state index in [1.54, 1.807) is 6.07 Å². The van der Waals surface area contributed by atoms with Crippen LogP contribution in [0.5, 0.6) is 0 Å². The first-order chi connectivity index (χ1) is 13.6. The predicted octanol–water partition coefficient (Wildman–Crippen LogP) is 4.39. The summed E-state index contributed by atoms with van der Waals surface area (Å²) in [5.74, 6) is -0.589. The molecule has 142 valence electrons. The molecule has 3 aromatic rings. The Labute approximate surface area is 164 Å². The van der Waals surface area contributed by atoms with Gasteiger partial charge in [-0.25, -0.2) is 0 Å². The number of para-hydroxylation sites is 1. The summed E-state index contributed by atoms with van der Waals surface area (Å²) in [6.07, 6.45) is 2.29. The van der Waals surface area contributed by atoms with Crippen LogP contribution in [0.3, 0.4) is 0 Å². The third-order valence-electron chi connectivity index (χ3n) is 4.55. The van der Waals surface area contributed by atoms with Crippen LogP contribution in [-0.2, 0) is 6.42 Å². The normalized spacial score (nSPS) is 11.5. The van der Waals surface area contributed by atoms with Crippen LogP contribution in [0.15, 0.2) is 72.9 Å². The van der Waals surface area contributed by atoms with E-state index in [2.05, 4.69) is 15.6 Å². The van der Waals surface area contributed by atoms with Crippen molar-refractivity contribution >= 4 is 17.5 Å². The number of nitrogens with one attached hydrogen (secondary N) is 2. The number of benzene rings is 2. The quantitative estimate of drug-likeness (QED) is 0.673. The number of aromatic nitrogens is 1. The van der Waals surface area contributed by atoms with E-state index in [9.17, 15) is 9.59 Å². The molecule has 1 atom stereocenters. The molecule has 1 heterocycles. The first-order valence-corrected chi connectivity index (χ1v) is 9.29. The first-order valence-electron chi connectivity index (χ1n) is 9.29. The molecule has 0 fully saturated rings. The van der Waals surface area contributed by atoms with E-state index in [0.717, 1.165) is 23.2 Å². The number of rotatable bonds is 6. The number of pyridine rings is 1. The smallest absolute Gasteiger partial charge is 0.270 e. The molecule has 1 unspecified atom stereocenters. The highest BCUT2D eigenvalue weighted by atomic mass is 16.2. The van der Waals surface area contributed by atoms with Crippen LogP contribution in [-0.4, -0.2) is 16.8 Å². The lowest BCUT2D eigenvalue weighted by molar-refractivity contribution is 0.0935. The molecule has 0 radical (unpaired) electrons. The molecule has 2 N–H and O–H groups in total. The molecule has 3 rings (SSSR count). The van der Waals surface area contributed by atoms with Crippen LogP contribution < -0.4 is 10.6 Å². The van der Waals surface area contributed by atoms with E-state index in [4.69, 9.17) is 0 Å². The van der Waals surface area contributed by atoms with Gasteiger partial charge in [0.15, 0.2) is 0 Å². The van der Waals surface area contributed by atoms with Gasteiger partial charge in [0.2, 0.25) is 0 Å². The van der Waals surface area contributed by atoms with Crippen LogP contribution >= 0.6 is 0 Å². The number of hydrogen-bond acceptors (Lipinski definition) is 3. The third kappa shape index (κ3) is 4.62. The van der Waals surface area contributed by atoms with E-state index >= 15 is 0 Å². The van der Waals surface area contributed by atoms with Gasteiger partial charge in [-0.1, -0.05) is 55.5 Å². The third-order valence-corrected chi connectivity index (χ3v) is 4.55. The summed E-state index contributed by atoms with van der Waals surface area (Å²) >= 11 is 0. The van der Waals surface area contributed by atoms with E-state index in [0.29, 0.717) is 5.56 Å². The Bertz CT molecular complexity index is 970. The number of nitrogens with zero attached hydrogens (tertiary/aromatic N) is 1.